The van der Waals surface area contributed by atoms with Crippen molar-refractivity contribution in [3.63, 3.8) is 0 Å². The van der Waals surface area contributed by atoms with Crippen molar-refractivity contribution in [3.8, 4) is 5.75 Å². The molecule has 0 radical (unpaired) electrons. The molecule has 0 aliphatic carbocycles. The number of nitrogens with one attached hydrogen (secondary N) is 1. The number of anilines is 1. The smallest absolute Gasteiger partial charge is 0.266 e. The predicted molar refractivity (Wildman–Crippen MR) is 105 cm³/mol. The van der Waals surface area contributed by atoms with E-state index in [-0.39, 0.29) is 5.91 Å². The number of benzene rings is 2. The van der Waals surface area contributed by atoms with Crippen LogP contribution in [0, 0.1) is 6.92 Å². The molecule has 0 saturated carbocycles. The molecule has 0 aliphatic rings. The first-order chi connectivity index (χ1) is 11.8. The monoisotopic (exact) mass is 414 g/mol. The summed E-state index contributed by atoms with van der Waals surface area (Å²) in [5, 5.41) is 4.72. The third-order valence-electron chi connectivity index (χ3n) is 3.47. The van der Waals surface area contributed by atoms with Crippen LogP contribution in [0.4, 0.5) is 5.13 Å². The summed E-state index contributed by atoms with van der Waals surface area (Å²) in [6.07, 6.45) is -0.754. The van der Waals surface area contributed by atoms with Gasteiger partial charge in [0.15, 0.2) is 11.2 Å². The van der Waals surface area contributed by atoms with Crippen LogP contribution < -0.4 is 10.1 Å². The highest BCUT2D eigenvalue weighted by Crippen LogP contribution is 2.31. The van der Waals surface area contributed by atoms with E-state index >= 15 is 0 Å². The molecule has 1 amide bonds. The molecule has 0 fully saturated rings. The van der Waals surface area contributed by atoms with Crippen LogP contribution in [-0.2, 0) is 4.79 Å². The second-order valence-electron chi connectivity index (χ2n) is 5.41. The molecule has 25 heavy (non-hydrogen) atoms. The lowest BCUT2D eigenvalue weighted by molar-refractivity contribution is -0.122. The molecule has 0 bridgehead atoms. The van der Waals surface area contributed by atoms with E-state index in [9.17, 15) is 4.79 Å². The molecule has 1 unspecified atom stereocenters. The van der Waals surface area contributed by atoms with E-state index in [4.69, 9.17) is 39.5 Å². The number of rotatable bonds is 4. The first-order valence-electron chi connectivity index (χ1n) is 7.33. The van der Waals surface area contributed by atoms with Gasteiger partial charge >= 0.3 is 0 Å². The number of fused-ring (bicyclic) bond motifs is 1. The molecule has 3 aromatic rings. The van der Waals surface area contributed by atoms with E-state index in [0.717, 1.165) is 15.8 Å². The zero-order valence-electron chi connectivity index (χ0n) is 13.3. The lowest BCUT2D eigenvalue weighted by Crippen LogP contribution is -2.30. The quantitative estimate of drug-likeness (QED) is 0.571. The van der Waals surface area contributed by atoms with Gasteiger partial charge in [-0.1, -0.05) is 46.1 Å². The van der Waals surface area contributed by atoms with Gasteiger partial charge in [0, 0.05) is 10.0 Å². The largest absolute Gasteiger partial charge is 0.479 e. The van der Waals surface area contributed by atoms with Crippen LogP contribution >= 0.6 is 46.1 Å². The van der Waals surface area contributed by atoms with Crippen LogP contribution in [0.1, 0.15) is 12.5 Å². The Bertz CT molecular complexity index is 919. The fourth-order valence-electron chi connectivity index (χ4n) is 2.13. The van der Waals surface area contributed by atoms with E-state index in [0.29, 0.717) is 25.9 Å². The standard InChI is InChI=1S/C17H13Cl3N2O2S/c1-8-5-15-13(7-11(8)19)21-17(25-15)22-16(23)9(2)24-14-4-3-10(18)6-12(14)20/h3-7,9H,1-2H3,(H,21,22,23). The Hall–Kier alpha value is -1.53. The number of nitrogens with zero attached hydrogens (tertiary/aromatic N) is 1. The topological polar surface area (TPSA) is 51.2 Å². The molecule has 2 aromatic carbocycles. The molecule has 1 aromatic heterocycles. The van der Waals surface area contributed by atoms with Gasteiger partial charge in [0.2, 0.25) is 0 Å². The summed E-state index contributed by atoms with van der Waals surface area (Å²) in [6, 6.07) is 8.55. The van der Waals surface area contributed by atoms with Gasteiger partial charge in [-0.3, -0.25) is 10.1 Å². The number of carbonyl (C=O) groups is 1. The molecule has 0 saturated heterocycles. The van der Waals surface area contributed by atoms with Gasteiger partial charge < -0.3 is 4.74 Å². The highest BCUT2D eigenvalue weighted by atomic mass is 35.5. The van der Waals surface area contributed by atoms with Gasteiger partial charge in [0.05, 0.1) is 15.2 Å². The van der Waals surface area contributed by atoms with E-state index in [2.05, 4.69) is 10.3 Å². The first-order valence-corrected chi connectivity index (χ1v) is 9.28. The molecule has 0 spiro atoms. The van der Waals surface area contributed by atoms with Crippen LogP contribution in [0.3, 0.4) is 0 Å². The lowest BCUT2D eigenvalue weighted by Gasteiger charge is -2.14. The Morgan fingerprint density at radius 3 is 2.68 bits per heavy atom. The molecular formula is C17H13Cl3N2O2S. The molecule has 0 aliphatic heterocycles. The fraction of sp³-hybridized carbons (Fsp3) is 0.176. The van der Waals surface area contributed by atoms with Gasteiger partial charge in [-0.05, 0) is 49.7 Å². The number of aromatic nitrogens is 1. The third kappa shape index (κ3) is 4.18. The Morgan fingerprint density at radius 1 is 1.20 bits per heavy atom. The first kappa shape index (κ1) is 18.3. The van der Waals surface area contributed by atoms with Crippen molar-refractivity contribution in [2.24, 2.45) is 0 Å². The van der Waals surface area contributed by atoms with Crippen molar-refractivity contribution in [2.75, 3.05) is 5.32 Å². The lowest BCUT2D eigenvalue weighted by atomic mass is 10.2. The van der Waals surface area contributed by atoms with Crippen LogP contribution in [0.5, 0.6) is 5.75 Å². The molecule has 130 valence electrons. The maximum atomic E-state index is 12.3. The van der Waals surface area contributed by atoms with Gasteiger partial charge in [0.1, 0.15) is 5.75 Å². The number of halogens is 3. The molecule has 1 N–H and O–H groups in total. The highest BCUT2D eigenvalue weighted by Gasteiger charge is 2.18. The van der Waals surface area contributed by atoms with Gasteiger partial charge in [-0.25, -0.2) is 4.98 Å². The Kier molecular flexibility index (Phi) is 5.39. The summed E-state index contributed by atoms with van der Waals surface area (Å²) in [6.45, 7) is 3.56. The van der Waals surface area contributed by atoms with Crippen molar-refractivity contribution >= 4 is 67.4 Å². The predicted octanol–water partition coefficient (Wildman–Crippen LogP) is 5.97. The molecule has 1 atom stereocenters. The number of thiazole rings is 1. The maximum absolute atomic E-state index is 12.3. The minimum Gasteiger partial charge on any atom is -0.479 e. The second-order valence-corrected chi connectivity index (χ2v) is 7.69. The van der Waals surface area contributed by atoms with Gasteiger partial charge in [0.25, 0.3) is 5.91 Å². The average molecular weight is 416 g/mol. The van der Waals surface area contributed by atoms with Crippen LogP contribution in [0.2, 0.25) is 15.1 Å². The molecule has 3 rings (SSSR count). The average Bonchev–Trinajstić information content (AvgIpc) is 2.91. The third-order valence-corrected chi connectivity index (χ3v) is 5.34. The van der Waals surface area contributed by atoms with Crippen molar-refractivity contribution in [3.05, 3.63) is 51.0 Å². The summed E-state index contributed by atoms with van der Waals surface area (Å²) in [5.74, 6) is 0.0633. The Balaban J connectivity index is 1.72. The van der Waals surface area contributed by atoms with Gasteiger partial charge in [-0.2, -0.15) is 0 Å². The molecule has 8 heteroatoms. The number of ether oxygens (including phenoxy) is 1. The Morgan fingerprint density at radius 2 is 1.96 bits per heavy atom. The van der Waals surface area contributed by atoms with Crippen molar-refractivity contribution < 1.29 is 9.53 Å². The molecule has 1 heterocycles. The Labute approximate surface area is 163 Å². The number of aryl methyl sites for hydroxylation is 1. The number of carbonyl (C=O) groups excluding carboxylic acids is 1. The van der Waals surface area contributed by atoms with Crippen molar-refractivity contribution in [2.45, 2.75) is 20.0 Å². The molecular weight excluding hydrogens is 403 g/mol. The highest BCUT2D eigenvalue weighted by molar-refractivity contribution is 7.22. The summed E-state index contributed by atoms with van der Waals surface area (Å²) in [5.41, 5.74) is 1.70. The SMILES string of the molecule is Cc1cc2sc(NC(=O)C(C)Oc3ccc(Cl)cc3Cl)nc2cc1Cl. The van der Waals surface area contributed by atoms with Gasteiger partial charge in [-0.15, -0.1) is 0 Å². The van der Waals surface area contributed by atoms with E-state index in [1.54, 1.807) is 31.2 Å². The van der Waals surface area contributed by atoms with Crippen LogP contribution in [-0.4, -0.2) is 17.0 Å². The zero-order valence-corrected chi connectivity index (χ0v) is 16.4. The summed E-state index contributed by atoms with van der Waals surface area (Å²) < 4.78 is 6.55. The zero-order chi connectivity index (χ0) is 18.1. The fourth-order valence-corrected chi connectivity index (χ4v) is 3.68. The van der Waals surface area contributed by atoms with E-state index < -0.39 is 6.10 Å². The number of hydrogen-bond donors (Lipinski definition) is 1. The van der Waals surface area contributed by atoms with Crippen LogP contribution in [0.25, 0.3) is 10.2 Å². The maximum Gasteiger partial charge on any atom is 0.266 e. The van der Waals surface area contributed by atoms with Crippen molar-refractivity contribution in [1.82, 2.24) is 4.98 Å². The minimum atomic E-state index is -0.754. The second kappa shape index (κ2) is 7.38. The normalized spacial score (nSPS) is 12.2. The number of hydrogen-bond acceptors (Lipinski definition) is 4. The van der Waals surface area contributed by atoms with Crippen LogP contribution in [0.15, 0.2) is 30.3 Å². The van der Waals surface area contributed by atoms with E-state index in [1.165, 1.54) is 11.3 Å². The minimum absolute atomic E-state index is 0.326. The summed E-state index contributed by atoms with van der Waals surface area (Å²) in [7, 11) is 0. The number of amides is 1. The summed E-state index contributed by atoms with van der Waals surface area (Å²) >= 11 is 19.4. The summed E-state index contributed by atoms with van der Waals surface area (Å²) in [4.78, 5) is 16.7. The van der Waals surface area contributed by atoms with Crippen molar-refractivity contribution in [1.29, 1.82) is 0 Å². The van der Waals surface area contributed by atoms with E-state index in [1.807, 2.05) is 13.0 Å². The molecule has 4 nitrogen and oxygen atoms in total.